The van der Waals surface area contributed by atoms with Gasteiger partial charge in [-0.1, -0.05) is 6.07 Å². The lowest BCUT2D eigenvalue weighted by molar-refractivity contribution is 0.219. The highest BCUT2D eigenvalue weighted by atomic mass is 127. The summed E-state index contributed by atoms with van der Waals surface area (Å²) in [6.07, 6.45) is 2.58. The monoisotopic (exact) mass is 332 g/mol. The minimum absolute atomic E-state index is 0.300. The summed E-state index contributed by atoms with van der Waals surface area (Å²) >= 11 is 2.01. The maximum absolute atomic E-state index is 12.9. The van der Waals surface area contributed by atoms with Crippen LogP contribution in [0.25, 0.3) is 0 Å². The van der Waals surface area contributed by atoms with Crippen molar-refractivity contribution >= 4 is 22.6 Å². The van der Waals surface area contributed by atoms with E-state index in [4.69, 9.17) is 0 Å². The van der Waals surface area contributed by atoms with Gasteiger partial charge in [0.1, 0.15) is 11.9 Å². The predicted octanol–water partition coefficient (Wildman–Crippen LogP) is 2.25. The van der Waals surface area contributed by atoms with Crippen molar-refractivity contribution in [2.75, 3.05) is 0 Å². The van der Waals surface area contributed by atoms with E-state index in [-0.39, 0.29) is 5.82 Å². The SMILES string of the molecule is Cn1cc(C(O)c2ccc(F)cc2I)cn1. The average molecular weight is 332 g/mol. The Balaban J connectivity index is 2.37. The third-order valence-electron chi connectivity index (χ3n) is 2.30. The van der Waals surface area contributed by atoms with Crippen LogP contribution in [0.15, 0.2) is 30.6 Å². The van der Waals surface area contributed by atoms with Crippen LogP contribution in [0.3, 0.4) is 0 Å². The van der Waals surface area contributed by atoms with Crippen molar-refractivity contribution in [3.05, 3.63) is 51.1 Å². The molecule has 0 aliphatic carbocycles. The second-order valence-corrected chi connectivity index (χ2v) is 4.68. The highest BCUT2D eigenvalue weighted by molar-refractivity contribution is 14.1. The predicted molar refractivity (Wildman–Crippen MR) is 66.4 cm³/mol. The van der Waals surface area contributed by atoms with Crippen LogP contribution in [-0.4, -0.2) is 14.9 Å². The number of aromatic nitrogens is 2. The summed E-state index contributed by atoms with van der Waals surface area (Å²) in [5.41, 5.74) is 1.39. The van der Waals surface area contributed by atoms with Gasteiger partial charge in [-0.2, -0.15) is 5.10 Å². The number of aliphatic hydroxyl groups excluding tert-OH is 1. The molecule has 0 radical (unpaired) electrons. The number of nitrogens with zero attached hydrogens (tertiary/aromatic N) is 2. The molecule has 0 aliphatic rings. The minimum Gasteiger partial charge on any atom is -0.384 e. The number of aryl methyl sites for hydroxylation is 1. The Bertz CT molecular complexity index is 512. The third kappa shape index (κ3) is 2.25. The molecule has 0 spiro atoms. The van der Waals surface area contributed by atoms with Crippen molar-refractivity contribution in [3.63, 3.8) is 0 Å². The van der Waals surface area contributed by atoms with Gasteiger partial charge < -0.3 is 5.11 Å². The van der Waals surface area contributed by atoms with Crippen LogP contribution in [0.1, 0.15) is 17.2 Å². The molecule has 1 aromatic heterocycles. The molecule has 0 fully saturated rings. The first kappa shape index (κ1) is 11.5. The highest BCUT2D eigenvalue weighted by Gasteiger charge is 2.15. The summed E-state index contributed by atoms with van der Waals surface area (Å²) in [7, 11) is 1.78. The largest absolute Gasteiger partial charge is 0.384 e. The van der Waals surface area contributed by atoms with Gasteiger partial charge >= 0.3 is 0 Å². The molecule has 1 heterocycles. The number of hydrogen-bond donors (Lipinski definition) is 1. The van der Waals surface area contributed by atoms with Crippen molar-refractivity contribution < 1.29 is 9.50 Å². The molecule has 1 atom stereocenters. The molecule has 0 bridgehead atoms. The summed E-state index contributed by atoms with van der Waals surface area (Å²) in [4.78, 5) is 0. The molecule has 1 unspecified atom stereocenters. The zero-order valence-electron chi connectivity index (χ0n) is 8.56. The molecule has 0 saturated heterocycles. The Hall–Kier alpha value is -0.950. The fourth-order valence-electron chi connectivity index (χ4n) is 1.48. The molecule has 0 amide bonds. The summed E-state index contributed by atoms with van der Waals surface area (Å²) < 4.78 is 15.2. The van der Waals surface area contributed by atoms with Gasteiger partial charge in [0.15, 0.2) is 0 Å². The van der Waals surface area contributed by atoms with Crippen LogP contribution < -0.4 is 0 Å². The van der Waals surface area contributed by atoms with E-state index in [0.29, 0.717) is 14.7 Å². The van der Waals surface area contributed by atoms with Crippen LogP contribution in [0.4, 0.5) is 4.39 Å². The topological polar surface area (TPSA) is 38.0 Å². The van der Waals surface area contributed by atoms with Crippen molar-refractivity contribution in [2.24, 2.45) is 7.05 Å². The molecular weight excluding hydrogens is 322 g/mol. The quantitative estimate of drug-likeness (QED) is 0.857. The van der Waals surface area contributed by atoms with Gasteiger partial charge in [0.2, 0.25) is 0 Å². The number of benzene rings is 1. The van der Waals surface area contributed by atoms with Gasteiger partial charge in [0.05, 0.1) is 6.20 Å². The zero-order valence-corrected chi connectivity index (χ0v) is 10.7. The van der Waals surface area contributed by atoms with E-state index in [2.05, 4.69) is 5.10 Å². The van der Waals surface area contributed by atoms with Crippen LogP contribution in [0, 0.1) is 9.39 Å². The average Bonchev–Trinajstić information content (AvgIpc) is 2.64. The molecule has 5 heteroatoms. The Morgan fingerprint density at radius 3 is 2.81 bits per heavy atom. The zero-order chi connectivity index (χ0) is 11.7. The van der Waals surface area contributed by atoms with Crippen molar-refractivity contribution in [1.82, 2.24) is 9.78 Å². The summed E-state index contributed by atoms with van der Waals surface area (Å²) in [5, 5.41) is 14.1. The Morgan fingerprint density at radius 2 is 2.25 bits per heavy atom. The van der Waals surface area contributed by atoms with E-state index in [1.807, 2.05) is 22.6 Å². The summed E-state index contributed by atoms with van der Waals surface area (Å²) in [6, 6.07) is 4.33. The Kier molecular flexibility index (Phi) is 3.25. The van der Waals surface area contributed by atoms with E-state index >= 15 is 0 Å². The molecule has 2 rings (SSSR count). The summed E-state index contributed by atoms with van der Waals surface area (Å²) in [5.74, 6) is -0.300. The van der Waals surface area contributed by atoms with E-state index < -0.39 is 6.10 Å². The molecule has 84 valence electrons. The second kappa shape index (κ2) is 4.50. The fourth-order valence-corrected chi connectivity index (χ4v) is 2.26. The first-order valence-electron chi connectivity index (χ1n) is 4.69. The van der Waals surface area contributed by atoms with Gasteiger partial charge in [0.25, 0.3) is 0 Å². The van der Waals surface area contributed by atoms with Crippen LogP contribution in [0.2, 0.25) is 0 Å². The Labute approximate surface area is 106 Å². The standard InChI is InChI=1S/C11H10FIN2O/c1-15-6-7(5-14-15)11(16)9-3-2-8(12)4-10(9)13/h2-6,11,16H,1H3. The fraction of sp³-hybridized carbons (Fsp3) is 0.182. The molecule has 16 heavy (non-hydrogen) atoms. The molecule has 2 aromatic rings. The molecule has 3 nitrogen and oxygen atoms in total. The molecule has 1 aromatic carbocycles. The van der Waals surface area contributed by atoms with Gasteiger partial charge in [-0.05, 0) is 40.3 Å². The van der Waals surface area contributed by atoms with Crippen LogP contribution in [0.5, 0.6) is 0 Å². The summed E-state index contributed by atoms with van der Waals surface area (Å²) in [6.45, 7) is 0. The highest BCUT2D eigenvalue weighted by Crippen LogP contribution is 2.26. The third-order valence-corrected chi connectivity index (χ3v) is 3.23. The smallest absolute Gasteiger partial charge is 0.124 e. The van der Waals surface area contributed by atoms with Gasteiger partial charge in [-0.25, -0.2) is 4.39 Å². The van der Waals surface area contributed by atoms with E-state index in [1.54, 1.807) is 30.2 Å². The lowest BCUT2D eigenvalue weighted by Crippen LogP contribution is -2.01. The Morgan fingerprint density at radius 1 is 1.50 bits per heavy atom. The molecule has 0 saturated carbocycles. The lowest BCUT2D eigenvalue weighted by Gasteiger charge is -2.10. The molecule has 0 aliphatic heterocycles. The maximum Gasteiger partial charge on any atom is 0.124 e. The van der Waals surface area contributed by atoms with Crippen molar-refractivity contribution in [2.45, 2.75) is 6.10 Å². The van der Waals surface area contributed by atoms with Crippen LogP contribution in [-0.2, 0) is 7.05 Å². The number of hydrogen-bond acceptors (Lipinski definition) is 2. The number of halogens is 2. The van der Waals surface area contributed by atoms with Crippen molar-refractivity contribution in [1.29, 1.82) is 0 Å². The van der Waals surface area contributed by atoms with E-state index in [1.165, 1.54) is 12.1 Å². The normalized spacial score (nSPS) is 12.8. The first-order valence-corrected chi connectivity index (χ1v) is 5.77. The lowest BCUT2D eigenvalue weighted by atomic mass is 10.1. The van der Waals surface area contributed by atoms with Crippen LogP contribution >= 0.6 is 22.6 Å². The second-order valence-electron chi connectivity index (χ2n) is 3.52. The van der Waals surface area contributed by atoms with Gasteiger partial charge in [-0.3, -0.25) is 4.68 Å². The van der Waals surface area contributed by atoms with E-state index in [0.717, 1.165) is 0 Å². The molecular formula is C11H10FIN2O. The first-order chi connectivity index (χ1) is 7.58. The van der Waals surface area contributed by atoms with Crippen molar-refractivity contribution in [3.8, 4) is 0 Å². The minimum atomic E-state index is -0.763. The van der Waals surface area contributed by atoms with Gasteiger partial charge in [-0.15, -0.1) is 0 Å². The van der Waals surface area contributed by atoms with Gasteiger partial charge in [0, 0.05) is 22.4 Å². The molecule has 1 N–H and O–H groups in total. The van der Waals surface area contributed by atoms with E-state index in [9.17, 15) is 9.50 Å². The maximum atomic E-state index is 12.9. The number of aliphatic hydroxyl groups is 1. The number of rotatable bonds is 2.